The maximum atomic E-state index is 12.5. The summed E-state index contributed by atoms with van der Waals surface area (Å²) in [6.07, 6.45) is 3.28. The number of nitrogens with two attached hydrogens (primary N) is 1. The molecule has 2 N–H and O–H groups in total. The minimum atomic E-state index is 0.0532. The largest absolute Gasteiger partial charge is 0.342 e. The van der Waals surface area contributed by atoms with Crippen LogP contribution in [0.1, 0.15) is 47.0 Å². The molecule has 3 nitrogen and oxygen atoms in total. The summed E-state index contributed by atoms with van der Waals surface area (Å²) in [5, 5.41) is 0. The molecular formula is C14H28N2O. The van der Waals surface area contributed by atoms with E-state index in [2.05, 4.69) is 27.7 Å². The molecule has 1 aliphatic rings. The van der Waals surface area contributed by atoms with Crippen LogP contribution >= 0.6 is 0 Å². The van der Waals surface area contributed by atoms with E-state index in [1.165, 1.54) is 6.42 Å². The fourth-order valence-corrected chi connectivity index (χ4v) is 2.78. The lowest BCUT2D eigenvalue weighted by atomic mass is 9.77. The number of carbonyl (C=O) groups is 1. The summed E-state index contributed by atoms with van der Waals surface area (Å²) in [6.45, 7) is 10.2. The molecule has 0 spiro atoms. The van der Waals surface area contributed by atoms with E-state index in [9.17, 15) is 4.79 Å². The molecule has 1 saturated carbocycles. The van der Waals surface area contributed by atoms with Gasteiger partial charge < -0.3 is 10.6 Å². The first kappa shape index (κ1) is 14.5. The van der Waals surface area contributed by atoms with Crippen molar-refractivity contribution in [1.82, 2.24) is 4.90 Å². The van der Waals surface area contributed by atoms with Crippen LogP contribution in [-0.2, 0) is 4.79 Å². The maximum Gasteiger partial charge on any atom is 0.227 e. The van der Waals surface area contributed by atoms with Crippen molar-refractivity contribution in [3.05, 3.63) is 0 Å². The second-order valence-corrected chi connectivity index (χ2v) is 5.86. The van der Waals surface area contributed by atoms with Gasteiger partial charge in [-0.2, -0.15) is 0 Å². The minimum absolute atomic E-state index is 0.0532. The highest BCUT2D eigenvalue weighted by Gasteiger charge is 2.34. The highest BCUT2D eigenvalue weighted by molar-refractivity contribution is 5.79. The zero-order valence-electron chi connectivity index (χ0n) is 11.8. The van der Waals surface area contributed by atoms with Gasteiger partial charge in [-0.15, -0.1) is 0 Å². The lowest BCUT2D eigenvalue weighted by molar-refractivity contribution is -0.138. The molecule has 0 aromatic rings. The van der Waals surface area contributed by atoms with Crippen LogP contribution in [0.25, 0.3) is 0 Å². The molecule has 100 valence electrons. The quantitative estimate of drug-likeness (QED) is 0.819. The Kier molecular flexibility index (Phi) is 5.44. The molecular weight excluding hydrogens is 212 g/mol. The molecule has 1 amide bonds. The van der Waals surface area contributed by atoms with Gasteiger partial charge in [-0.05, 0) is 31.6 Å². The monoisotopic (exact) mass is 240 g/mol. The van der Waals surface area contributed by atoms with Gasteiger partial charge in [-0.25, -0.2) is 0 Å². The summed E-state index contributed by atoms with van der Waals surface area (Å²) in [4.78, 5) is 14.4. The molecule has 0 aliphatic heterocycles. The minimum Gasteiger partial charge on any atom is -0.342 e. The van der Waals surface area contributed by atoms with Crippen LogP contribution in [0.4, 0.5) is 0 Å². The zero-order valence-corrected chi connectivity index (χ0v) is 11.8. The molecule has 0 saturated heterocycles. The van der Waals surface area contributed by atoms with Crippen LogP contribution in [0, 0.1) is 17.8 Å². The van der Waals surface area contributed by atoms with Crippen molar-refractivity contribution in [2.75, 3.05) is 13.1 Å². The van der Waals surface area contributed by atoms with Gasteiger partial charge in [0, 0.05) is 19.1 Å². The first-order chi connectivity index (χ1) is 7.97. The van der Waals surface area contributed by atoms with Crippen LogP contribution in [0.3, 0.4) is 0 Å². The zero-order chi connectivity index (χ0) is 13.0. The third-order valence-corrected chi connectivity index (χ3v) is 3.89. The van der Waals surface area contributed by atoms with E-state index in [1.807, 2.05) is 4.90 Å². The van der Waals surface area contributed by atoms with Crippen molar-refractivity contribution >= 4 is 5.91 Å². The smallest absolute Gasteiger partial charge is 0.227 e. The van der Waals surface area contributed by atoms with E-state index < -0.39 is 0 Å². The summed E-state index contributed by atoms with van der Waals surface area (Å²) in [5.41, 5.74) is 6.20. The number of hydrogen-bond donors (Lipinski definition) is 1. The average molecular weight is 240 g/mol. The Hall–Kier alpha value is -0.570. The third kappa shape index (κ3) is 3.70. The molecule has 0 aromatic carbocycles. The van der Waals surface area contributed by atoms with E-state index in [4.69, 9.17) is 5.73 Å². The predicted octanol–water partition coefficient (Wildman–Crippen LogP) is 2.25. The highest BCUT2D eigenvalue weighted by Crippen LogP contribution is 2.29. The van der Waals surface area contributed by atoms with Crippen LogP contribution < -0.4 is 5.73 Å². The fourth-order valence-electron chi connectivity index (χ4n) is 2.78. The molecule has 0 bridgehead atoms. The Balaban J connectivity index is 2.66. The first-order valence-electron chi connectivity index (χ1n) is 7.01. The van der Waals surface area contributed by atoms with Crippen LogP contribution in [0.15, 0.2) is 0 Å². The first-order valence-corrected chi connectivity index (χ1v) is 7.01. The molecule has 1 aliphatic carbocycles. The Morgan fingerprint density at radius 1 is 1.41 bits per heavy atom. The number of rotatable bonds is 4. The molecule has 3 atom stereocenters. The molecule has 1 rings (SSSR count). The standard InChI is InChI=1S/C14H28N2O/c1-5-16(9-10(2)3)14(17)12-8-6-7-11(4)13(12)15/h10-13H,5-9,15H2,1-4H3. The van der Waals surface area contributed by atoms with E-state index in [0.717, 1.165) is 25.9 Å². The summed E-state index contributed by atoms with van der Waals surface area (Å²) >= 11 is 0. The van der Waals surface area contributed by atoms with Gasteiger partial charge in [0.25, 0.3) is 0 Å². The number of nitrogens with zero attached hydrogens (tertiary/aromatic N) is 1. The Morgan fingerprint density at radius 3 is 2.59 bits per heavy atom. The normalized spacial score (nSPS) is 29.4. The third-order valence-electron chi connectivity index (χ3n) is 3.89. The summed E-state index contributed by atoms with van der Waals surface area (Å²) < 4.78 is 0. The van der Waals surface area contributed by atoms with Gasteiger partial charge in [-0.3, -0.25) is 4.79 Å². The number of carbonyl (C=O) groups excluding carboxylic acids is 1. The highest BCUT2D eigenvalue weighted by atomic mass is 16.2. The Bertz CT molecular complexity index is 253. The van der Waals surface area contributed by atoms with Crippen molar-refractivity contribution in [2.24, 2.45) is 23.5 Å². The van der Waals surface area contributed by atoms with Gasteiger partial charge in [0.15, 0.2) is 0 Å². The van der Waals surface area contributed by atoms with E-state index in [0.29, 0.717) is 11.8 Å². The fraction of sp³-hybridized carbons (Fsp3) is 0.929. The van der Waals surface area contributed by atoms with Crippen LogP contribution in [-0.4, -0.2) is 29.9 Å². The van der Waals surface area contributed by atoms with E-state index >= 15 is 0 Å². The Morgan fingerprint density at radius 2 is 2.06 bits per heavy atom. The molecule has 3 heteroatoms. The lowest BCUT2D eigenvalue weighted by Gasteiger charge is -2.36. The molecule has 0 aromatic heterocycles. The summed E-state index contributed by atoms with van der Waals surface area (Å²) in [5.74, 6) is 1.34. The van der Waals surface area contributed by atoms with Crippen molar-refractivity contribution in [2.45, 2.75) is 53.0 Å². The van der Waals surface area contributed by atoms with E-state index in [1.54, 1.807) is 0 Å². The predicted molar refractivity (Wildman–Crippen MR) is 71.6 cm³/mol. The number of hydrogen-bond acceptors (Lipinski definition) is 2. The summed E-state index contributed by atoms with van der Waals surface area (Å²) in [6, 6.07) is 0.0532. The average Bonchev–Trinajstić information content (AvgIpc) is 2.28. The van der Waals surface area contributed by atoms with E-state index in [-0.39, 0.29) is 17.9 Å². The SMILES string of the molecule is CCN(CC(C)C)C(=O)C1CCCC(C)C1N. The molecule has 0 heterocycles. The molecule has 17 heavy (non-hydrogen) atoms. The van der Waals surface area contributed by atoms with Gasteiger partial charge in [0.05, 0.1) is 5.92 Å². The topological polar surface area (TPSA) is 46.3 Å². The maximum absolute atomic E-state index is 12.5. The second-order valence-electron chi connectivity index (χ2n) is 5.86. The second kappa shape index (κ2) is 6.39. The molecule has 0 radical (unpaired) electrons. The molecule has 3 unspecified atom stereocenters. The molecule has 1 fully saturated rings. The number of amides is 1. The van der Waals surface area contributed by atoms with Crippen molar-refractivity contribution in [3.8, 4) is 0 Å². The van der Waals surface area contributed by atoms with Crippen molar-refractivity contribution in [3.63, 3.8) is 0 Å². The van der Waals surface area contributed by atoms with Gasteiger partial charge in [0.1, 0.15) is 0 Å². The summed E-state index contributed by atoms with van der Waals surface area (Å²) in [7, 11) is 0. The van der Waals surface area contributed by atoms with Crippen LogP contribution in [0.2, 0.25) is 0 Å². The van der Waals surface area contributed by atoms with Crippen molar-refractivity contribution in [1.29, 1.82) is 0 Å². The van der Waals surface area contributed by atoms with Crippen molar-refractivity contribution < 1.29 is 4.79 Å². The van der Waals surface area contributed by atoms with Gasteiger partial charge >= 0.3 is 0 Å². The van der Waals surface area contributed by atoms with Gasteiger partial charge in [0.2, 0.25) is 5.91 Å². The Labute approximate surface area is 106 Å². The van der Waals surface area contributed by atoms with Crippen LogP contribution in [0.5, 0.6) is 0 Å². The van der Waals surface area contributed by atoms with Gasteiger partial charge in [-0.1, -0.05) is 27.2 Å². The lowest BCUT2D eigenvalue weighted by Crippen LogP contribution is -2.49.